The summed E-state index contributed by atoms with van der Waals surface area (Å²) in [6.07, 6.45) is -0.980. The van der Waals surface area contributed by atoms with Crippen molar-refractivity contribution in [3.05, 3.63) is 42.5 Å². The molecule has 0 aliphatic rings. The molecule has 1 unspecified atom stereocenters. The van der Waals surface area contributed by atoms with Crippen molar-refractivity contribution in [3.63, 3.8) is 0 Å². The molecule has 0 radical (unpaired) electrons. The van der Waals surface area contributed by atoms with Crippen molar-refractivity contribution in [2.75, 3.05) is 32.8 Å². The van der Waals surface area contributed by atoms with E-state index in [2.05, 4.69) is 5.32 Å². The van der Waals surface area contributed by atoms with Crippen molar-refractivity contribution < 1.29 is 33.3 Å². The molecule has 2 aromatic rings. The maximum atomic E-state index is 12.4. The van der Waals surface area contributed by atoms with E-state index < -0.39 is 18.0 Å². The van der Waals surface area contributed by atoms with Crippen molar-refractivity contribution in [1.82, 2.24) is 0 Å². The summed E-state index contributed by atoms with van der Waals surface area (Å²) in [6, 6.07) is 12.1. The lowest BCUT2D eigenvalue weighted by atomic mass is 10.2. The van der Waals surface area contributed by atoms with E-state index >= 15 is 0 Å². The van der Waals surface area contributed by atoms with Gasteiger partial charge in [0, 0.05) is 6.07 Å². The third kappa shape index (κ3) is 6.88. The van der Waals surface area contributed by atoms with Gasteiger partial charge >= 0.3 is 5.97 Å². The highest BCUT2D eigenvalue weighted by molar-refractivity contribution is 5.96. The number of ether oxygens (including phenoxy) is 5. The highest BCUT2D eigenvalue weighted by Gasteiger charge is 2.19. The number of benzene rings is 2. The highest BCUT2D eigenvalue weighted by atomic mass is 16.6. The van der Waals surface area contributed by atoms with Crippen LogP contribution in [0.15, 0.2) is 42.5 Å². The maximum absolute atomic E-state index is 12.4. The number of anilines is 1. The zero-order valence-corrected chi connectivity index (χ0v) is 17.6. The fourth-order valence-electron chi connectivity index (χ4n) is 2.51. The van der Waals surface area contributed by atoms with Gasteiger partial charge in [0.25, 0.3) is 5.91 Å². The summed E-state index contributed by atoms with van der Waals surface area (Å²) in [5.41, 5.74) is 0.420. The van der Waals surface area contributed by atoms with E-state index in [1.807, 2.05) is 6.92 Å². The lowest BCUT2D eigenvalue weighted by Gasteiger charge is -2.16. The molecule has 1 amide bonds. The van der Waals surface area contributed by atoms with Gasteiger partial charge in [0.15, 0.2) is 6.10 Å². The summed E-state index contributed by atoms with van der Waals surface area (Å²) in [5.74, 6) is 1.36. The number of esters is 1. The number of carbonyl (C=O) groups excluding carboxylic acids is 2. The monoisotopic (exact) mass is 417 g/mol. The van der Waals surface area contributed by atoms with Crippen LogP contribution < -0.4 is 24.3 Å². The van der Waals surface area contributed by atoms with Gasteiger partial charge in [-0.2, -0.15) is 0 Å². The molecule has 0 heterocycles. The first-order chi connectivity index (χ1) is 14.5. The maximum Gasteiger partial charge on any atom is 0.310 e. The van der Waals surface area contributed by atoms with E-state index in [1.165, 1.54) is 21.1 Å². The zero-order chi connectivity index (χ0) is 21.9. The Hall–Kier alpha value is -3.42. The fourth-order valence-corrected chi connectivity index (χ4v) is 2.51. The molecule has 0 aliphatic carbocycles. The van der Waals surface area contributed by atoms with Crippen LogP contribution in [0.5, 0.6) is 23.0 Å². The Bertz CT molecular complexity index is 836. The van der Waals surface area contributed by atoms with Gasteiger partial charge in [-0.3, -0.25) is 9.59 Å². The molecule has 0 aromatic heterocycles. The standard InChI is InChI=1S/C22H27NO7/c1-5-28-16-6-8-17(9-7-16)29-13-12-21(24)30-15(2)22(25)23-19-14-18(26-3)10-11-20(19)27-4/h6-11,14-15H,5,12-13H2,1-4H3,(H,23,25). The van der Waals surface area contributed by atoms with E-state index in [0.717, 1.165) is 5.75 Å². The van der Waals surface area contributed by atoms with Crippen LogP contribution in [-0.4, -0.2) is 45.4 Å². The molecule has 0 aliphatic heterocycles. The van der Waals surface area contributed by atoms with Crippen LogP contribution in [-0.2, 0) is 14.3 Å². The van der Waals surface area contributed by atoms with E-state index in [9.17, 15) is 9.59 Å². The second-order valence-electron chi connectivity index (χ2n) is 6.19. The third-order valence-electron chi connectivity index (χ3n) is 4.05. The first kappa shape index (κ1) is 22.9. The molecule has 1 atom stereocenters. The number of hydrogen-bond donors (Lipinski definition) is 1. The van der Waals surface area contributed by atoms with Crippen molar-refractivity contribution in [2.24, 2.45) is 0 Å². The smallest absolute Gasteiger partial charge is 0.310 e. The summed E-state index contributed by atoms with van der Waals surface area (Å²) in [4.78, 5) is 24.4. The Balaban J connectivity index is 1.80. The van der Waals surface area contributed by atoms with Gasteiger partial charge in [-0.15, -0.1) is 0 Å². The first-order valence-electron chi connectivity index (χ1n) is 9.54. The SMILES string of the molecule is CCOc1ccc(OCCC(=O)OC(C)C(=O)Nc2cc(OC)ccc2OC)cc1. The van der Waals surface area contributed by atoms with Crippen LogP contribution in [0.3, 0.4) is 0 Å². The highest BCUT2D eigenvalue weighted by Crippen LogP contribution is 2.29. The van der Waals surface area contributed by atoms with Gasteiger partial charge < -0.3 is 29.0 Å². The molecule has 30 heavy (non-hydrogen) atoms. The van der Waals surface area contributed by atoms with Crippen molar-refractivity contribution in [2.45, 2.75) is 26.4 Å². The minimum atomic E-state index is -0.987. The zero-order valence-electron chi connectivity index (χ0n) is 17.6. The van der Waals surface area contributed by atoms with Crippen LogP contribution in [0.2, 0.25) is 0 Å². The van der Waals surface area contributed by atoms with Crippen LogP contribution >= 0.6 is 0 Å². The lowest BCUT2D eigenvalue weighted by Crippen LogP contribution is -2.30. The molecule has 1 N–H and O–H groups in total. The van der Waals surface area contributed by atoms with E-state index in [1.54, 1.807) is 42.5 Å². The first-order valence-corrected chi connectivity index (χ1v) is 9.54. The molecular weight excluding hydrogens is 390 g/mol. The lowest BCUT2D eigenvalue weighted by molar-refractivity contribution is -0.153. The van der Waals surface area contributed by atoms with Crippen LogP contribution in [0.4, 0.5) is 5.69 Å². The second kappa shape index (κ2) is 11.5. The van der Waals surface area contributed by atoms with Gasteiger partial charge in [-0.05, 0) is 50.2 Å². The Labute approximate surface area is 176 Å². The molecule has 8 nitrogen and oxygen atoms in total. The van der Waals surface area contributed by atoms with Crippen molar-refractivity contribution in [3.8, 4) is 23.0 Å². The molecule has 2 aromatic carbocycles. The summed E-state index contributed by atoms with van der Waals surface area (Å²) in [5, 5.41) is 2.67. The van der Waals surface area contributed by atoms with Crippen molar-refractivity contribution in [1.29, 1.82) is 0 Å². The molecule has 0 spiro atoms. The minimum absolute atomic E-state index is 0.00725. The van der Waals surface area contributed by atoms with Gasteiger partial charge in [0.05, 0.1) is 39.5 Å². The average molecular weight is 417 g/mol. The van der Waals surface area contributed by atoms with Crippen molar-refractivity contribution >= 4 is 17.6 Å². The normalized spacial score (nSPS) is 11.2. The van der Waals surface area contributed by atoms with Gasteiger partial charge in [-0.25, -0.2) is 0 Å². The second-order valence-corrected chi connectivity index (χ2v) is 6.19. The minimum Gasteiger partial charge on any atom is -0.497 e. The third-order valence-corrected chi connectivity index (χ3v) is 4.05. The molecule has 8 heteroatoms. The number of methoxy groups -OCH3 is 2. The Morgan fingerprint density at radius 1 is 0.933 bits per heavy atom. The van der Waals surface area contributed by atoms with E-state index in [0.29, 0.717) is 29.5 Å². The number of nitrogens with one attached hydrogen (secondary N) is 1. The van der Waals surface area contributed by atoms with E-state index in [-0.39, 0.29) is 13.0 Å². The number of carbonyl (C=O) groups is 2. The number of amides is 1. The van der Waals surface area contributed by atoms with Gasteiger partial charge in [0.2, 0.25) is 0 Å². The summed E-state index contributed by atoms with van der Waals surface area (Å²) in [6.45, 7) is 4.12. The average Bonchev–Trinajstić information content (AvgIpc) is 2.75. The molecule has 0 saturated heterocycles. The van der Waals surface area contributed by atoms with Crippen LogP contribution in [0.25, 0.3) is 0 Å². The Morgan fingerprint density at radius 2 is 1.57 bits per heavy atom. The quantitative estimate of drug-likeness (QED) is 0.560. The predicted octanol–water partition coefficient (Wildman–Crippen LogP) is 3.44. The van der Waals surface area contributed by atoms with Crippen LogP contribution in [0.1, 0.15) is 20.3 Å². The van der Waals surface area contributed by atoms with Gasteiger partial charge in [-0.1, -0.05) is 0 Å². The predicted molar refractivity (Wildman–Crippen MR) is 111 cm³/mol. The largest absolute Gasteiger partial charge is 0.497 e. The topological polar surface area (TPSA) is 92.3 Å². The molecule has 0 bridgehead atoms. The summed E-state index contributed by atoms with van der Waals surface area (Å²) < 4.78 is 26.4. The Morgan fingerprint density at radius 3 is 2.17 bits per heavy atom. The van der Waals surface area contributed by atoms with E-state index in [4.69, 9.17) is 23.7 Å². The molecule has 0 fully saturated rings. The molecule has 162 valence electrons. The van der Waals surface area contributed by atoms with Gasteiger partial charge in [0.1, 0.15) is 23.0 Å². The number of hydrogen-bond acceptors (Lipinski definition) is 7. The molecule has 2 rings (SSSR count). The van der Waals surface area contributed by atoms with Crippen LogP contribution in [0, 0.1) is 0 Å². The molecule has 0 saturated carbocycles. The summed E-state index contributed by atoms with van der Waals surface area (Å²) >= 11 is 0. The Kier molecular flexibility index (Phi) is 8.80. The summed E-state index contributed by atoms with van der Waals surface area (Å²) in [7, 11) is 3.01. The molecular formula is C22H27NO7. The fraction of sp³-hybridized carbons (Fsp3) is 0.364. The number of rotatable bonds is 11.